The molecule has 0 radical (unpaired) electrons. The van der Waals surface area contributed by atoms with E-state index in [9.17, 15) is 12.8 Å². The topological polar surface area (TPSA) is 42.3 Å². The van der Waals surface area contributed by atoms with E-state index in [-0.39, 0.29) is 15.6 Å². The summed E-state index contributed by atoms with van der Waals surface area (Å²) >= 11 is 0. The Morgan fingerprint density at radius 2 is 1.64 bits per heavy atom. The van der Waals surface area contributed by atoms with Crippen molar-refractivity contribution in [1.82, 2.24) is 9.47 Å². The first-order valence-corrected chi connectivity index (χ1v) is 9.44. The van der Waals surface area contributed by atoms with Gasteiger partial charge in [0.05, 0.1) is 10.6 Å². The van der Waals surface area contributed by atoms with Crippen molar-refractivity contribution in [3.8, 4) is 5.69 Å². The monoisotopic (exact) mass is 356 g/mol. The van der Waals surface area contributed by atoms with Gasteiger partial charge in [-0.2, -0.15) is 0 Å². The number of para-hydroxylation sites is 1. The second kappa shape index (κ2) is 5.82. The highest BCUT2D eigenvalue weighted by atomic mass is 32.2. The minimum Gasteiger partial charge on any atom is -0.300 e. The van der Waals surface area contributed by atoms with Gasteiger partial charge < -0.3 is 0 Å². The number of sulfone groups is 1. The minimum atomic E-state index is -3.75. The fourth-order valence-electron chi connectivity index (χ4n) is 3.30. The fourth-order valence-corrected chi connectivity index (χ4v) is 4.80. The lowest BCUT2D eigenvalue weighted by molar-refractivity contribution is 0.346. The van der Waals surface area contributed by atoms with Crippen molar-refractivity contribution in [3.63, 3.8) is 0 Å². The zero-order chi connectivity index (χ0) is 17.6. The molecule has 0 amide bonds. The molecular weight excluding hydrogens is 339 g/mol. The van der Waals surface area contributed by atoms with E-state index in [0.29, 0.717) is 13.1 Å². The van der Waals surface area contributed by atoms with Crippen LogP contribution in [0.3, 0.4) is 0 Å². The first kappa shape index (κ1) is 16.1. The molecule has 2 heterocycles. The zero-order valence-electron chi connectivity index (χ0n) is 13.7. The molecule has 4 rings (SSSR count). The van der Waals surface area contributed by atoms with Crippen molar-refractivity contribution in [3.05, 3.63) is 77.7 Å². The van der Waals surface area contributed by atoms with Crippen LogP contribution in [0.25, 0.3) is 5.69 Å². The Labute approximate surface area is 146 Å². The van der Waals surface area contributed by atoms with Crippen LogP contribution in [0, 0.1) is 5.82 Å². The third kappa shape index (κ3) is 2.58. The summed E-state index contributed by atoms with van der Waals surface area (Å²) in [6.07, 6.45) is 0. The van der Waals surface area contributed by atoms with E-state index >= 15 is 0 Å². The predicted octanol–water partition coefficient (Wildman–Crippen LogP) is 3.39. The highest BCUT2D eigenvalue weighted by Gasteiger charge is 2.31. The van der Waals surface area contributed by atoms with Crippen LogP contribution in [-0.4, -0.2) is 24.9 Å². The maximum Gasteiger partial charge on any atom is 0.222 e. The van der Waals surface area contributed by atoms with E-state index in [0.717, 1.165) is 11.3 Å². The molecule has 1 aromatic heterocycles. The lowest BCUT2D eigenvalue weighted by Gasteiger charge is -2.15. The summed E-state index contributed by atoms with van der Waals surface area (Å²) in [5.74, 6) is -0.444. The van der Waals surface area contributed by atoms with Gasteiger partial charge in [0.25, 0.3) is 0 Å². The van der Waals surface area contributed by atoms with Crippen LogP contribution in [0.15, 0.2) is 70.6 Å². The van der Waals surface area contributed by atoms with Gasteiger partial charge in [-0.3, -0.25) is 9.47 Å². The summed E-state index contributed by atoms with van der Waals surface area (Å²) in [6.45, 7) is 1.22. The standard InChI is InChI=1S/C19H17FN2O2S/c1-21-12-14-11-19(25(23,24)15-7-3-2-4-8-15)22(18(14)13-21)17-10-6-5-9-16(17)20/h2-11H,12-13H2,1H3. The van der Waals surface area contributed by atoms with Crippen molar-refractivity contribution in [2.75, 3.05) is 7.05 Å². The zero-order valence-corrected chi connectivity index (χ0v) is 14.5. The molecule has 25 heavy (non-hydrogen) atoms. The van der Waals surface area contributed by atoms with E-state index in [1.165, 1.54) is 6.07 Å². The van der Waals surface area contributed by atoms with Gasteiger partial charge in [-0.1, -0.05) is 30.3 Å². The maximum atomic E-state index is 14.5. The van der Waals surface area contributed by atoms with Crippen molar-refractivity contribution in [2.24, 2.45) is 0 Å². The third-order valence-corrected chi connectivity index (χ3v) is 6.18. The van der Waals surface area contributed by atoms with Gasteiger partial charge in [0.1, 0.15) is 10.8 Å². The molecule has 2 aromatic carbocycles. The molecule has 0 unspecified atom stereocenters. The Morgan fingerprint density at radius 3 is 2.36 bits per heavy atom. The molecule has 0 spiro atoms. The summed E-state index contributed by atoms with van der Waals surface area (Å²) in [5, 5.41) is 0.113. The smallest absolute Gasteiger partial charge is 0.222 e. The molecule has 0 atom stereocenters. The minimum absolute atomic E-state index is 0.113. The molecule has 4 nitrogen and oxygen atoms in total. The van der Waals surface area contributed by atoms with Gasteiger partial charge in [-0.25, -0.2) is 12.8 Å². The average Bonchev–Trinajstić information content (AvgIpc) is 3.13. The fraction of sp³-hybridized carbons (Fsp3) is 0.158. The van der Waals surface area contributed by atoms with E-state index in [2.05, 4.69) is 4.90 Å². The molecule has 128 valence electrons. The van der Waals surface area contributed by atoms with Gasteiger partial charge >= 0.3 is 0 Å². The van der Waals surface area contributed by atoms with Crippen LogP contribution in [0.4, 0.5) is 4.39 Å². The second-order valence-corrected chi connectivity index (χ2v) is 8.13. The van der Waals surface area contributed by atoms with Crippen LogP contribution in [0.1, 0.15) is 11.3 Å². The molecule has 1 aliphatic rings. The van der Waals surface area contributed by atoms with Gasteiger partial charge in [0.15, 0.2) is 0 Å². The maximum absolute atomic E-state index is 14.5. The number of nitrogens with zero attached hydrogens (tertiary/aromatic N) is 2. The number of aromatic nitrogens is 1. The number of hydrogen-bond donors (Lipinski definition) is 0. The number of halogens is 1. The number of benzene rings is 2. The van der Waals surface area contributed by atoms with Gasteiger partial charge in [0, 0.05) is 18.8 Å². The molecule has 6 heteroatoms. The van der Waals surface area contributed by atoms with Crippen LogP contribution in [0.5, 0.6) is 0 Å². The summed E-state index contributed by atoms with van der Waals surface area (Å²) in [5.41, 5.74) is 2.00. The van der Waals surface area contributed by atoms with Crippen LogP contribution in [-0.2, 0) is 22.9 Å². The molecular formula is C19H17FN2O2S. The average molecular weight is 356 g/mol. The third-order valence-electron chi connectivity index (χ3n) is 4.44. The van der Waals surface area contributed by atoms with E-state index in [4.69, 9.17) is 0 Å². The highest BCUT2D eigenvalue weighted by Crippen LogP contribution is 2.34. The Kier molecular flexibility index (Phi) is 3.74. The normalized spacial score (nSPS) is 14.6. The van der Waals surface area contributed by atoms with Crippen molar-refractivity contribution in [2.45, 2.75) is 23.0 Å². The summed E-state index contributed by atoms with van der Waals surface area (Å²) < 4.78 is 42.4. The lowest BCUT2D eigenvalue weighted by atomic mass is 10.2. The van der Waals surface area contributed by atoms with Crippen molar-refractivity contribution >= 4 is 9.84 Å². The largest absolute Gasteiger partial charge is 0.300 e. The second-order valence-electron chi connectivity index (χ2n) is 6.23. The van der Waals surface area contributed by atoms with Crippen LogP contribution in [0.2, 0.25) is 0 Å². The van der Waals surface area contributed by atoms with Gasteiger partial charge in [-0.15, -0.1) is 0 Å². The van der Waals surface area contributed by atoms with Crippen LogP contribution < -0.4 is 0 Å². The molecule has 0 aliphatic carbocycles. The Balaban J connectivity index is 1.99. The SMILES string of the molecule is CN1Cc2cc(S(=O)(=O)c3ccccc3)n(-c3ccccc3F)c2C1. The van der Waals surface area contributed by atoms with E-state index < -0.39 is 15.7 Å². The quantitative estimate of drug-likeness (QED) is 0.722. The first-order valence-electron chi connectivity index (χ1n) is 7.95. The highest BCUT2D eigenvalue weighted by molar-refractivity contribution is 7.91. The molecule has 0 saturated carbocycles. The van der Waals surface area contributed by atoms with Gasteiger partial charge in [-0.05, 0) is 42.9 Å². The van der Waals surface area contributed by atoms with Crippen molar-refractivity contribution in [1.29, 1.82) is 0 Å². The number of fused-ring (bicyclic) bond motifs is 1. The molecule has 3 aromatic rings. The van der Waals surface area contributed by atoms with E-state index in [1.54, 1.807) is 59.2 Å². The van der Waals surface area contributed by atoms with Gasteiger partial charge in [0.2, 0.25) is 9.84 Å². The number of hydrogen-bond acceptors (Lipinski definition) is 3. The number of rotatable bonds is 3. The molecule has 0 bridgehead atoms. The van der Waals surface area contributed by atoms with Crippen LogP contribution >= 0.6 is 0 Å². The summed E-state index contributed by atoms with van der Waals surface area (Å²) in [7, 11) is -1.80. The summed E-state index contributed by atoms with van der Waals surface area (Å²) in [4.78, 5) is 2.28. The Hall–Kier alpha value is -2.44. The summed E-state index contributed by atoms with van der Waals surface area (Å²) in [6, 6.07) is 16.2. The molecule has 0 N–H and O–H groups in total. The molecule has 1 aliphatic heterocycles. The lowest BCUT2D eigenvalue weighted by Crippen LogP contribution is -2.15. The molecule has 0 fully saturated rings. The first-order chi connectivity index (χ1) is 12.0. The predicted molar refractivity (Wildman–Crippen MR) is 92.8 cm³/mol. The molecule has 0 saturated heterocycles. The van der Waals surface area contributed by atoms with Crippen molar-refractivity contribution < 1.29 is 12.8 Å². The van der Waals surface area contributed by atoms with E-state index in [1.807, 2.05) is 7.05 Å². The Bertz CT molecular complexity index is 1040. The Morgan fingerprint density at radius 1 is 0.960 bits per heavy atom.